The molecule has 0 radical (unpaired) electrons. The van der Waals surface area contributed by atoms with Crippen LogP contribution in [0.2, 0.25) is 0 Å². The quantitative estimate of drug-likeness (QED) is 0.384. The van der Waals surface area contributed by atoms with Gasteiger partial charge in [-0.3, -0.25) is 9.80 Å². The first-order valence-electron chi connectivity index (χ1n) is 12.3. The summed E-state index contributed by atoms with van der Waals surface area (Å²) in [6.45, 7) is 14.4. The Kier molecular flexibility index (Phi) is 11.4. The summed E-state index contributed by atoms with van der Waals surface area (Å²) in [6.07, 6.45) is 7.89. The van der Waals surface area contributed by atoms with E-state index in [1.54, 1.807) is 0 Å². The molecule has 6 nitrogen and oxygen atoms in total. The van der Waals surface area contributed by atoms with Crippen molar-refractivity contribution < 1.29 is 18.9 Å². The lowest BCUT2D eigenvalue weighted by Gasteiger charge is -2.26. The summed E-state index contributed by atoms with van der Waals surface area (Å²) in [6, 6.07) is 0. The Balaban J connectivity index is 1.78. The van der Waals surface area contributed by atoms with Crippen molar-refractivity contribution in [2.45, 2.75) is 65.5 Å². The first kappa shape index (κ1) is 24.8. The molecule has 178 valence electrons. The molecule has 0 bridgehead atoms. The van der Waals surface area contributed by atoms with Gasteiger partial charge in [-0.2, -0.15) is 0 Å². The summed E-state index contributed by atoms with van der Waals surface area (Å²) in [7, 11) is 0. The van der Waals surface area contributed by atoms with E-state index in [0.717, 1.165) is 24.6 Å². The molecule has 1 aromatic heterocycles. The number of nitrogens with zero attached hydrogens (tertiary/aromatic N) is 2. The van der Waals surface area contributed by atoms with Gasteiger partial charge in [-0.15, -0.1) is 11.3 Å². The Morgan fingerprint density at radius 3 is 1.42 bits per heavy atom. The molecule has 3 heterocycles. The maximum Gasteiger partial charge on any atom is 0.176 e. The van der Waals surface area contributed by atoms with Crippen molar-refractivity contribution in [1.82, 2.24) is 9.80 Å². The summed E-state index contributed by atoms with van der Waals surface area (Å²) in [5.41, 5.74) is 0. The van der Waals surface area contributed by atoms with E-state index in [1.807, 2.05) is 25.2 Å². The van der Waals surface area contributed by atoms with Gasteiger partial charge in [-0.25, -0.2) is 0 Å². The van der Waals surface area contributed by atoms with Gasteiger partial charge >= 0.3 is 0 Å². The van der Waals surface area contributed by atoms with E-state index >= 15 is 0 Å². The molecule has 0 saturated carbocycles. The second-order valence-corrected chi connectivity index (χ2v) is 9.56. The SMILES string of the molecule is CCOCCOc1c(CN2CCCCC2)sc(CN2CCCCC2)c1OCCOCC. The molecule has 1 aromatic rings. The molecule has 2 aliphatic rings. The van der Waals surface area contributed by atoms with E-state index in [9.17, 15) is 0 Å². The van der Waals surface area contributed by atoms with Crippen LogP contribution in [0.25, 0.3) is 0 Å². The minimum Gasteiger partial charge on any atom is -0.486 e. The van der Waals surface area contributed by atoms with Crippen LogP contribution in [0.15, 0.2) is 0 Å². The molecular weight excluding hydrogens is 412 g/mol. The molecule has 0 aliphatic carbocycles. The van der Waals surface area contributed by atoms with E-state index in [4.69, 9.17) is 18.9 Å². The highest BCUT2D eigenvalue weighted by Gasteiger charge is 2.25. The molecule has 3 rings (SSSR count). The normalized spacial score (nSPS) is 18.4. The third-order valence-electron chi connectivity index (χ3n) is 5.95. The zero-order chi connectivity index (χ0) is 21.7. The van der Waals surface area contributed by atoms with E-state index in [-0.39, 0.29) is 0 Å². The summed E-state index contributed by atoms with van der Waals surface area (Å²) < 4.78 is 23.7. The Morgan fingerprint density at radius 2 is 1.03 bits per heavy atom. The van der Waals surface area contributed by atoms with Crippen LogP contribution in [0.1, 0.15) is 62.1 Å². The lowest BCUT2D eigenvalue weighted by molar-refractivity contribution is 0.0988. The first-order valence-corrected chi connectivity index (χ1v) is 13.1. The van der Waals surface area contributed by atoms with Crippen LogP contribution < -0.4 is 9.47 Å². The van der Waals surface area contributed by atoms with Gasteiger partial charge in [0, 0.05) is 26.3 Å². The lowest BCUT2D eigenvalue weighted by atomic mass is 10.1. The second kappa shape index (κ2) is 14.3. The highest BCUT2D eigenvalue weighted by molar-refractivity contribution is 7.12. The number of likely N-dealkylation sites (tertiary alicyclic amines) is 2. The molecular formula is C24H42N2O4S. The van der Waals surface area contributed by atoms with Crippen molar-refractivity contribution in [3.8, 4) is 11.5 Å². The summed E-state index contributed by atoms with van der Waals surface area (Å²) in [4.78, 5) is 7.74. The van der Waals surface area contributed by atoms with Gasteiger partial charge in [0.1, 0.15) is 13.2 Å². The highest BCUT2D eigenvalue weighted by atomic mass is 32.1. The molecule has 0 N–H and O–H groups in total. The second-order valence-electron chi connectivity index (χ2n) is 8.37. The molecule has 0 aromatic carbocycles. The Hall–Kier alpha value is -0.860. The third kappa shape index (κ3) is 8.21. The molecule has 31 heavy (non-hydrogen) atoms. The van der Waals surface area contributed by atoms with Gasteiger partial charge in [0.25, 0.3) is 0 Å². The summed E-state index contributed by atoms with van der Waals surface area (Å²) in [5.74, 6) is 1.89. The Labute approximate surface area is 192 Å². The van der Waals surface area contributed by atoms with Crippen LogP contribution in [0.5, 0.6) is 11.5 Å². The molecule has 0 atom stereocenters. The molecule has 0 unspecified atom stereocenters. The minimum absolute atomic E-state index is 0.558. The zero-order valence-electron chi connectivity index (χ0n) is 19.7. The van der Waals surface area contributed by atoms with Crippen LogP contribution in [0.4, 0.5) is 0 Å². The van der Waals surface area contributed by atoms with Crippen molar-refractivity contribution in [1.29, 1.82) is 0 Å². The standard InChI is InChI=1S/C24H42N2O4S/c1-3-27-15-17-29-23-21(19-25-11-7-5-8-12-25)31-22(20-26-13-9-6-10-14-26)24(23)30-18-16-28-4-2/h3-20H2,1-2H3. The molecule has 7 heteroatoms. The van der Waals surface area contributed by atoms with Crippen LogP contribution in [-0.4, -0.2) is 75.6 Å². The van der Waals surface area contributed by atoms with Gasteiger partial charge in [-0.1, -0.05) is 12.8 Å². The largest absolute Gasteiger partial charge is 0.486 e. The zero-order valence-corrected chi connectivity index (χ0v) is 20.5. The summed E-state index contributed by atoms with van der Waals surface area (Å²) in [5, 5.41) is 0. The van der Waals surface area contributed by atoms with Crippen LogP contribution >= 0.6 is 11.3 Å². The fourth-order valence-electron chi connectivity index (χ4n) is 4.33. The highest BCUT2D eigenvalue weighted by Crippen LogP contribution is 2.44. The van der Waals surface area contributed by atoms with E-state index in [0.29, 0.717) is 39.6 Å². The van der Waals surface area contributed by atoms with E-state index < -0.39 is 0 Å². The fraction of sp³-hybridized carbons (Fsp3) is 0.833. The number of hydrogen-bond acceptors (Lipinski definition) is 7. The van der Waals surface area contributed by atoms with Gasteiger partial charge in [-0.05, 0) is 65.7 Å². The predicted octanol–water partition coefficient (Wildman–Crippen LogP) is 4.55. The molecule has 0 amide bonds. The fourth-order valence-corrected chi connectivity index (χ4v) is 5.61. The van der Waals surface area contributed by atoms with Gasteiger partial charge in [0.2, 0.25) is 0 Å². The topological polar surface area (TPSA) is 43.4 Å². The lowest BCUT2D eigenvalue weighted by Crippen LogP contribution is -2.29. The maximum atomic E-state index is 6.31. The van der Waals surface area contributed by atoms with Gasteiger partial charge in [0.05, 0.1) is 23.0 Å². The van der Waals surface area contributed by atoms with Crippen LogP contribution in [0, 0.1) is 0 Å². The number of thiophene rings is 1. The van der Waals surface area contributed by atoms with Gasteiger partial charge in [0.15, 0.2) is 11.5 Å². The number of hydrogen-bond donors (Lipinski definition) is 0. The molecule has 2 fully saturated rings. The maximum absolute atomic E-state index is 6.31. The number of ether oxygens (including phenoxy) is 4. The van der Waals surface area contributed by atoms with Crippen molar-refractivity contribution in [3.63, 3.8) is 0 Å². The average Bonchev–Trinajstić information content (AvgIpc) is 3.11. The number of rotatable bonds is 14. The van der Waals surface area contributed by atoms with Crippen LogP contribution in [-0.2, 0) is 22.6 Å². The Morgan fingerprint density at radius 1 is 0.613 bits per heavy atom. The van der Waals surface area contributed by atoms with Crippen molar-refractivity contribution >= 4 is 11.3 Å². The van der Waals surface area contributed by atoms with Crippen molar-refractivity contribution in [3.05, 3.63) is 9.75 Å². The monoisotopic (exact) mass is 454 g/mol. The summed E-state index contributed by atoms with van der Waals surface area (Å²) >= 11 is 1.89. The molecule has 2 aliphatic heterocycles. The van der Waals surface area contributed by atoms with E-state index in [2.05, 4.69) is 9.80 Å². The van der Waals surface area contributed by atoms with E-state index in [1.165, 1.54) is 74.5 Å². The molecule has 0 spiro atoms. The minimum atomic E-state index is 0.558. The predicted molar refractivity (Wildman–Crippen MR) is 127 cm³/mol. The smallest absolute Gasteiger partial charge is 0.176 e. The molecule has 2 saturated heterocycles. The van der Waals surface area contributed by atoms with Crippen molar-refractivity contribution in [2.75, 3.05) is 65.8 Å². The average molecular weight is 455 g/mol. The first-order chi connectivity index (χ1) is 15.3. The van der Waals surface area contributed by atoms with Crippen molar-refractivity contribution in [2.24, 2.45) is 0 Å². The third-order valence-corrected chi connectivity index (χ3v) is 7.07. The Bertz CT molecular complexity index is 562. The van der Waals surface area contributed by atoms with Crippen LogP contribution in [0.3, 0.4) is 0 Å². The number of piperidine rings is 2. The van der Waals surface area contributed by atoms with Gasteiger partial charge < -0.3 is 18.9 Å².